The van der Waals surface area contributed by atoms with Crippen LogP contribution in [0.1, 0.15) is 55.6 Å². The molecular formula is C22H29ClN4O2S. The Morgan fingerprint density at radius 3 is 2.80 bits per heavy atom. The number of aromatic nitrogens is 1. The number of hydrogen-bond acceptors (Lipinski definition) is 5. The number of nitrogens with zero attached hydrogens (tertiary/aromatic N) is 2. The van der Waals surface area contributed by atoms with Crippen molar-refractivity contribution in [1.29, 1.82) is 0 Å². The summed E-state index contributed by atoms with van der Waals surface area (Å²) < 4.78 is 0. The molecule has 0 aliphatic heterocycles. The number of hydrogen-bond donors (Lipinski definition) is 2. The average Bonchev–Trinajstić information content (AvgIpc) is 3.42. The zero-order valence-corrected chi connectivity index (χ0v) is 19.2. The van der Waals surface area contributed by atoms with Crippen molar-refractivity contribution >= 4 is 45.9 Å². The lowest BCUT2D eigenvalue weighted by atomic mass is 9.97. The average molecular weight is 449 g/mol. The summed E-state index contributed by atoms with van der Waals surface area (Å²) in [6.45, 7) is 3.98. The molecule has 8 heteroatoms. The van der Waals surface area contributed by atoms with Crippen LogP contribution in [0.15, 0.2) is 24.4 Å². The number of likely N-dealkylation sites (N-methyl/N-ethyl adjacent to an activating group) is 1. The predicted molar refractivity (Wildman–Crippen MR) is 123 cm³/mol. The van der Waals surface area contributed by atoms with E-state index in [2.05, 4.69) is 22.5 Å². The Balaban J connectivity index is 1.77. The van der Waals surface area contributed by atoms with E-state index in [9.17, 15) is 9.59 Å². The molecule has 2 aromatic rings. The van der Waals surface area contributed by atoms with E-state index in [0.717, 1.165) is 40.5 Å². The summed E-state index contributed by atoms with van der Waals surface area (Å²) in [5.74, 6) is 0.379. The number of carbonyl (C=O) groups is 2. The van der Waals surface area contributed by atoms with E-state index in [4.69, 9.17) is 11.6 Å². The second-order valence-corrected chi connectivity index (χ2v) is 9.39. The molecule has 1 saturated carbocycles. The van der Waals surface area contributed by atoms with Crippen LogP contribution in [0.2, 0.25) is 5.02 Å². The molecule has 1 aliphatic carbocycles. The van der Waals surface area contributed by atoms with Gasteiger partial charge in [0, 0.05) is 18.1 Å². The number of rotatable bonds is 9. The van der Waals surface area contributed by atoms with Gasteiger partial charge in [0.15, 0.2) is 0 Å². The van der Waals surface area contributed by atoms with E-state index in [-0.39, 0.29) is 11.9 Å². The second-order valence-electron chi connectivity index (χ2n) is 7.86. The molecule has 6 nitrogen and oxygen atoms in total. The molecule has 0 aromatic carbocycles. The monoisotopic (exact) mass is 448 g/mol. The minimum Gasteiger partial charge on any atom is -0.376 e. The molecule has 3 rings (SSSR count). The molecule has 0 bridgehead atoms. The highest BCUT2D eigenvalue weighted by atomic mass is 35.5. The molecule has 0 spiro atoms. The maximum atomic E-state index is 12.6. The Hall–Kier alpha value is -2.12. The lowest BCUT2D eigenvalue weighted by Gasteiger charge is -2.28. The molecule has 1 aliphatic rings. The van der Waals surface area contributed by atoms with E-state index in [1.807, 2.05) is 25.1 Å². The smallest absolute Gasteiger partial charge is 0.242 e. The van der Waals surface area contributed by atoms with Gasteiger partial charge in [-0.05, 0) is 44.4 Å². The maximum absolute atomic E-state index is 12.6. The first-order chi connectivity index (χ1) is 14.4. The highest BCUT2D eigenvalue weighted by molar-refractivity contribution is 7.16. The highest BCUT2D eigenvalue weighted by Crippen LogP contribution is 2.35. The predicted octanol–water partition coefficient (Wildman–Crippen LogP) is 4.94. The zero-order valence-electron chi connectivity index (χ0n) is 17.7. The first-order valence-electron chi connectivity index (χ1n) is 10.4. The number of pyridine rings is 1. The lowest BCUT2D eigenvalue weighted by Crippen LogP contribution is -2.46. The van der Waals surface area contributed by atoms with E-state index >= 15 is 0 Å². The Labute approximate surface area is 187 Å². The van der Waals surface area contributed by atoms with Gasteiger partial charge in [-0.25, -0.2) is 0 Å². The Morgan fingerprint density at radius 1 is 1.40 bits per heavy atom. The summed E-state index contributed by atoms with van der Waals surface area (Å²) >= 11 is 7.59. The first kappa shape index (κ1) is 22.6. The number of amides is 2. The third-order valence-electron chi connectivity index (χ3n) is 5.75. The van der Waals surface area contributed by atoms with E-state index in [1.54, 1.807) is 18.1 Å². The second kappa shape index (κ2) is 10.3. The maximum Gasteiger partial charge on any atom is 0.242 e. The molecule has 0 radical (unpaired) electrons. The van der Waals surface area contributed by atoms with Gasteiger partial charge in [0.1, 0.15) is 6.04 Å². The summed E-state index contributed by atoms with van der Waals surface area (Å²) in [7, 11) is 1.63. The molecule has 1 fully saturated rings. The quantitative estimate of drug-likeness (QED) is 0.533. The largest absolute Gasteiger partial charge is 0.376 e. The minimum atomic E-state index is -0.482. The van der Waals surface area contributed by atoms with Gasteiger partial charge in [-0.2, -0.15) is 0 Å². The first-order valence-corrected chi connectivity index (χ1v) is 11.6. The van der Waals surface area contributed by atoms with Crippen molar-refractivity contribution in [3.8, 4) is 0 Å². The zero-order chi connectivity index (χ0) is 21.7. The van der Waals surface area contributed by atoms with Crippen LogP contribution in [-0.4, -0.2) is 30.4 Å². The van der Waals surface area contributed by atoms with Crippen molar-refractivity contribution in [2.75, 3.05) is 17.3 Å². The van der Waals surface area contributed by atoms with Gasteiger partial charge in [0.2, 0.25) is 12.3 Å². The molecule has 2 heterocycles. The molecule has 0 saturated heterocycles. The number of nitrogens with one attached hydrogen (secondary N) is 2. The molecule has 2 N–H and O–H groups in total. The minimum absolute atomic E-state index is 0.00417. The van der Waals surface area contributed by atoms with Gasteiger partial charge in [-0.1, -0.05) is 37.3 Å². The molecule has 2 aromatic heterocycles. The van der Waals surface area contributed by atoms with Crippen LogP contribution < -0.4 is 15.5 Å². The molecule has 2 amide bonds. The van der Waals surface area contributed by atoms with Crippen LogP contribution in [0.3, 0.4) is 0 Å². The van der Waals surface area contributed by atoms with Crippen LogP contribution in [0.25, 0.3) is 0 Å². The summed E-state index contributed by atoms with van der Waals surface area (Å²) in [4.78, 5) is 31.5. The van der Waals surface area contributed by atoms with Crippen LogP contribution in [0.4, 0.5) is 10.7 Å². The third-order valence-corrected chi connectivity index (χ3v) is 7.24. The van der Waals surface area contributed by atoms with Crippen molar-refractivity contribution < 1.29 is 9.59 Å². The van der Waals surface area contributed by atoms with Crippen LogP contribution in [0.5, 0.6) is 0 Å². The summed E-state index contributed by atoms with van der Waals surface area (Å²) in [5, 5.41) is 7.52. The SMILES string of the molecule is CNC(=O)[C@H](CC1CCCC1)N(C=O)c1ccc([C@H](C)Nc2cc(Cl)cnc2C)s1. The summed E-state index contributed by atoms with van der Waals surface area (Å²) in [6.07, 6.45) is 7.78. The van der Waals surface area contributed by atoms with Crippen molar-refractivity contribution in [2.45, 2.75) is 58.0 Å². The van der Waals surface area contributed by atoms with Crippen LogP contribution >= 0.6 is 22.9 Å². The molecule has 162 valence electrons. The van der Waals surface area contributed by atoms with Gasteiger partial charge < -0.3 is 10.6 Å². The number of thiophene rings is 1. The van der Waals surface area contributed by atoms with E-state index < -0.39 is 6.04 Å². The summed E-state index contributed by atoms with van der Waals surface area (Å²) in [5.41, 5.74) is 1.75. The molecule has 30 heavy (non-hydrogen) atoms. The number of carbonyl (C=O) groups excluding carboxylic acids is 2. The van der Waals surface area contributed by atoms with Crippen molar-refractivity contribution in [3.63, 3.8) is 0 Å². The number of aryl methyl sites for hydroxylation is 1. The van der Waals surface area contributed by atoms with E-state index in [1.165, 1.54) is 24.2 Å². The van der Waals surface area contributed by atoms with Gasteiger partial charge in [0.25, 0.3) is 0 Å². The molecular weight excluding hydrogens is 420 g/mol. The fourth-order valence-electron chi connectivity index (χ4n) is 4.03. The Kier molecular flexibility index (Phi) is 7.72. The normalized spacial score (nSPS) is 16.1. The Bertz CT molecular complexity index is 882. The molecule has 0 unspecified atom stereocenters. The van der Waals surface area contributed by atoms with Gasteiger partial charge in [-0.15, -0.1) is 11.3 Å². The van der Waals surface area contributed by atoms with E-state index in [0.29, 0.717) is 17.4 Å². The standard InChI is InChI=1S/C22H29ClN4O2S/c1-14-18(11-17(23)12-25-14)26-15(2)20-8-9-21(30-20)27(13-28)19(22(29)24-3)10-16-6-4-5-7-16/h8-9,11-13,15-16,19,26H,4-7,10H2,1-3H3,(H,24,29)/t15-,19-/m0/s1. The van der Waals surface area contributed by atoms with Gasteiger partial charge >= 0.3 is 0 Å². The van der Waals surface area contributed by atoms with Crippen LogP contribution in [0, 0.1) is 12.8 Å². The van der Waals surface area contributed by atoms with Crippen molar-refractivity contribution in [1.82, 2.24) is 10.3 Å². The Morgan fingerprint density at radius 2 is 2.13 bits per heavy atom. The van der Waals surface area contributed by atoms with Gasteiger partial charge in [-0.3, -0.25) is 19.5 Å². The van der Waals surface area contributed by atoms with Gasteiger partial charge in [0.05, 0.1) is 27.4 Å². The van der Waals surface area contributed by atoms with Crippen molar-refractivity contribution in [2.24, 2.45) is 5.92 Å². The topological polar surface area (TPSA) is 74.3 Å². The third kappa shape index (κ3) is 5.32. The molecule has 2 atom stereocenters. The fraction of sp³-hybridized carbons (Fsp3) is 0.500. The van der Waals surface area contributed by atoms with Crippen molar-refractivity contribution in [3.05, 3.63) is 40.0 Å². The number of anilines is 2. The fourth-order valence-corrected chi connectivity index (χ4v) is 5.21. The van der Waals surface area contributed by atoms with Crippen LogP contribution in [-0.2, 0) is 9.59 Å². The highest BCUT2D eigenvalue weighted by Gasteiger charge is 2.31. The summed E-state index contributed by atoms with van der Waals surface area (Å²) in [6, 6.07) is 5.29. The number of halogens is 1. The lowest BCUT2D eigenvalue weighted by molar-refractivity contribution is -0.123.